The Bertz CT molecular complexity index is 892. The number of para-hydroxylation sites is 2. The summed E-state index contributed by atoms with van der Waals surface area (Å²) in [6.45, 7) is 7.41. The van der Waals surface area contributed by atoms with E-state index in [0.717, 1.165) is 11.1 Å². The van der Waals surface area contributed by atoms with E-state index in [2.05, 4.69) is 20.9 Å². The van der Waals surface area contributed by atoms with Gasteiger partial charge in [-0.05, 0) is 49.9 Å². The van der Waals surface area contributed by atoms with Gasteiger partial charge in [0.05, 0.1) is 11.4 Å². The summed E-state index contributed by atoms with van der Waals surface area (Å²) in [6, 6.07) is 14.7. The molecule has 2 rings (SSSR count). The molecule has 0 heterocycles. The van der Waals surface area contributed by atoms with E-state index in [1.165, 1.54) is 0 Å². The fourth-order valence-electron chi connectivity index (χ4n) is 2.43. The average Bonchev–Trinajstić information content (AvgIpc) is 2.78. The third kappa shape index (κ3) is 7.93. The van der Waals surface area contributed by atoms with Gasteiger partial charge in [-0.25, -0.2) is 9.59 Å². The highest BCUT2D eigenvalue weighted by Gasteiger charge is 2.12. The summed E-state index contributed by atoms with van der Waals surface area (Å²) in [5, 5.41) is 13.0. The third-order valence-corrected chi connectivity index (χ3v) is 4.48. The molecule has 0 unspecified atom stereocenters. The first-order valence-corrected chi connectivity index (χ1v) is 10.1. The average molecular weight is 425 g/mol. The molecule has 0 bridgehead atoms. The van der Waals surface area contributed by atoms with Crippen LogP contribution in [-0.2, 0) is 16.1 Å². The predicted octanol–water partition coefficient (Wildman–Crippen LogP) is 5.95. The lowest BCUT2D eigenvalue weighted by atomic mass is 10.0. The number of nitrogens with zero attached hydrogens (tertiary/aromatic N) is 2. The minimum Gasteiger partial charge on any atom is -0.298 e. The molecule has 0 atom stereocenters. The molecular formula is C23H28N4O4. The Balaban J connectivity index is 2.13. The van der Waals surface area contributed by atoms with Crippen molar-refractivity contribution in [3.05, 3.63) is 59.7 Å². The smallest absolute Gasteiger partial charge is 0.298 e. The molecule has 8 heteroatoms. The van der Waals surface area contributed by atoms with Gasteiger partial charge in [0.1, 0.15) is 0 Å². The van der Waals surface area contributed by atoms with Gasteiger partial charge < -0.3 is 0 Å². The number of nitrogens with one attached hydrogen (secondary N) is 2. The van der Waals surface area contributed by atoms with E-state index in [-0.39, 0.29) is 0 Å². The van der Waals surface area contributed by atoms with Crippen LogP contribution in [0, 0.1) is 0 Å². The highest BCUT2D eigenvalue weighted by Crippen LogP contribution is 2.24. The summed E-state index contributed by atoms with van der Waals surface area (Å²) in [4.78, 5) is 33.9. The van der Waals surface area contributed by atoms with Crippen molar-refractivity contribution in [1.29, 1.82) is 0 Å². The molecule has 8 nitrogen and oxygen atoms in total. The number of oxime groups is 2. The molecule has 2 aromatic carbocycles. The molecule has 0 aliphatic carbocycles. The Morgan fingerprint density at radius 3 is 1.52 bits per heavy atom. The Labute approximate surface area is 182 Å². The van der Waals surface area contributed by atoms with Gasteiger partial charge >= 0.3 is 12.2 Å². The minimum atomic E-state index is -0.667. The molecule has 0 aliphatic rings. The van der Waals surface area contributed by atoms with Crippen LogP contribution in [0.15, 0.2) is 58.8 Å². The number of anilines is 2. The van der Waals surface area contributed by atoms with Gasteiger partial charge in [-0.3, -0.25) is 20.3 Å². The van der Waals surface area contributed by atoms with E-state index in [1.54, 1.807) is 26.0 Å². The van der Waals surface area contributed by atoms with Crippen molar-refractivity contribution in [3.8, 4) is 0 Å². The summed E-state index contributed by atoms with van der Waals surface area (Å²) in [6.07, 6.45) is 0.513. The Kier molecular flexibility index (Phi) is 9.22. The summed E-state index contributed by atoms with van der Waals surface area (Å²) >= 11 is 0. The number of carbonyl (C=O) groups excluding carboxylic acids is 2. The first kappa shape index (κ1) is 23.6. The second-order valence-corrected chi connectivity index (χ2v) is 6.86. The largest absolute Gasteiger partial charge is 0.437 e. The first-order valence-electron chi connectivity index (χ1n) is 10.1. The fourth-order valence-corrected chi connectivity index (χ4v) is 2.43. The monoisotopic (exact) mass is 424 g/mol. The van der Waals surface area contributed by atoms with Gasteiger partial charge in [0, 0.05) is 17.8 Å². The Morgan fingerprint density at radius 1 is 0.742 bits per heavy atom. The molecule has 0 aliphatic heterocycles. The van der Waals surface area contributed by atoms with Crippen molar-refractivity contribution in [2.75, 3.05) is 10.6 Å². The molecule has 0 saturated heterocycles. The van der Waals surface area contributed by atoms with Gasteiger partial charge in [0.2, 0.25) is 0 Å². The van der Waals surface area contributed by atoms with E-state index in [0.29, 0.717) is 42.1 Å². The Morgan fingerprint density at radius 2 is 1.13 bits per heavy atom. The van der Waals surface area contributed by atoms with Gasteiger partial charge in [-0.15, -0.1) is 0 Å². The molecule has 31 heavy (non-hydrogen) atoms. The lowest BCUT2D eigenvalue weighted by Gasteiger charge is -2.13. The van der Waals surface area contributed by atoms with Crippen molar-refractivity contribution in [1.82, 2.24) is 0 Å². The van der Waals surface area contributed by atoms with Crippen LogP contribution in [0.4, 0.5) is 21.0 Å². The van der Waals surface area contributed by atoms with Gasteiger partial charge in [-0.2, -0.15) is 0 Å². The zero-order valence-corrected chi connectivity index (χ0v) is 18.3. The summed E-state index contributed by atoms with van der Waals surface area (Å²) < 4.78 is 0. The molecule has 0 fully saturated rings. The van der Waals surface area contributed by atoms with E-state index in [9.17, 15) is 9.59 Å². The van der Waals surface area contributed by atoms with Crippen LogP contribution in [0.3, 0.4) is 0 Å². The Hall–Kier alpha value is -3.68. The maximum absolute atomic E-state index is 12.1. The number of rotatable bonds is 8. The number of benzene rings is 2. The summed E-state index contributed by atoms with van der Waals surface area (Å²) in [5.41, 5.74) is 4.31. The SMILES string of the molecule is CC/C(C)=N\OC(=O)Nc1ccccc1Cc1ccccc1NC(=O)O/N=C(\C)CC. The lowest BCUT2D eigenvalue weighted by molar-refractivity contribution is 0.165. The van der Waals surface area contributed by atoms with Gasteiger partial charge in [0.25, 0.3) is 0 Å². The van der Waals surface area contributed by atoms with Crippen molar-refractivity contribution >= 4 is 35.0 Å². The van der Waals surface area contributed by atoms with Crippen LogP contribution in [0.1, 0.15) is 51.7 Å². The van der Waals surface area contributed by atoms with Gasteiger partial charge in [-0.1, -0.05) is 60.6 Å². The van der Waals surface area contributed by atoms with E-state index < -0.39 is 12.2 Å². The standard InChI is InChI=1S/C23H28N4O4/c1-5-16(3)26-30-22(28)24-20-13-9-7-11-18(20)15-19-12-8-10-14-21(19)25-23(29)31-27-17(4)6-2/h7-14H,5-6,15H2,1-4H3,(H,24,28)(H,25,29)/b26-16-,27-17+. The molecule has 0 aromatic heterocycles. The van der Waals surface area contributed by atoms with Gasteiger partial charge in [0.15, 0.2) is 0 Å². The van der Waals surface area contributed by atoms with Crippen LogP contribution in [0.5, 0.6) is 0 Å². The number of amides is 2. The number of hydrogen-bond donors (Lipinski definition) is 2. The van der Waals surface area contributed by atoms with Crippen LogP contribution in [0.2, 0.25) is 0 Å². The molecule has 164 valence electrons. The molecule has 0 spiro atoms. The van der Waals surface area contributed by atoms with E-state index in [4.69, 9.17) is 9.68 Å². The lowest BCUT2D eigenvalue weighted by Crippen LogP contribution is -2.14. The zero-order valence-electron chi connectivity index (χ0n) is 18.3. The molecule has 2 amide bonds. The topological polar surface area (TPSA) is 101 Å². The van der Waals surface area contributed by atoms with Crippen molar-refractivity contribution in [2.24, 2.45) is 10.3 Å². The highest BCUT2D eigenvalue weighted by atomic mass is 16.7. The molecule has 2 aromatic rings. The van der Waals surface area contributed by atoms with Crippen LogP contribution in [-0.4, -0.2) is 23.6 Å². The van der Waals surface area contributed by atoms with Crippen molar-refractivity contribution in [3.63, 3.8) is 0 Å². The molecule has 0 saturated carbocycles. The molecule has 2 N–H and O–H groups in total. The summed E-state index contributed by atoms with van der Waals surface area (Å²) in [7, 11) is 0. The van der Waals surface area contributed by atoms with Crippen LogP contribution in [0.25, 0.3) is 0 Å². The summed E-state index contributed by atoms with van der Waals surface area (Å²) in [5.74, 6) is 0. The van der Waals surface area contributed by atoms with E-state index >= 15 is 0 Å². The van der Waals surface area contributed by atoms with Crippen LogP contribution < -0.4 is 10.6 Å². The zero-order chi connectivity index (χ0) is 22.6. The minimum absolute atomic E-state index is 0.460. The molecular weight excluding hydrogens is 396 g/mol. The third-order valence-electron chi connectivity index (χ3n) is 4.48. The first-order chi connectivity index (χ1) is 14.9. The van der Waals surface area contributed by atoms with Crippen LogP contribution >= 0.6 is 0 Å². The highest BCUT2D eigenvalue weighted by molar-refractivity contribution is 5.89. The van der Waals surface area contributed by atoms with Crippen molar-refractivity contribution < 1.29 is 19.3 Å². The second-order valence-electron chi connectivity index (χ2n) is 6.86. The maximum Gasteiger partial charge on any atom is 0.437 e. The van der Waals surface area contributed by atoms with Crippen molar-refractivity contribution in [2.45, 2.75) is 47.0 Å². The normalized spacial score (nSPS) is 11.6. The quantitative estimate of drug-likeness (QED) is 0.311. The maximum atomic E-state index is 12.1. The van der Waals surface area contributed by atoms with E-state index in [1.807, 2.05) is 50.2 Å². The predicted molar refractivity (Wildman–Crippen MR) is 123 cm³/mol. The fraction of sp³-hybridized carbons (Fsp3) is 0.304. The molecule has 0 radical (unpaired) electrons. The number of hydrogen-bond acceptors (Lipinski definition) is 6. The number of carbonyl (C=O) groups is 2. The second kappa shape index (κ2) is 12.1.